The van der Waals surface area contributed by atoms with Gasteiger partial charge >= 0.3 is 6.03 Å². The second-order valence-corrected chi connectivity index (χ2v) is 5.78. The van der Waals surface area contributed by atoms with E-state index < -0.39 is 0 Å². The number of likely N-dealkylation sites (tertiary alicyclic amines) is 1. The van der Waals surface area contributed by atoms with Crippen molar-refractivity contribution in [2.75, 3.05) is 38.6 Å². The van der Waals surface area contributed by atoms with Crippen molar-refractivity contribution >= 4 is 17.6 Å². The molecule has 2 rings (SSSR count). The van der Waals surface area contributed by atoms with Gasteiger partial charge in [0.15, 0.2) is 0 Å². The fourth-order valence-corrected chi connectivity index (χ4v) is 2.70. The molecule has 1 heterocycles. The average molecular weight is 334 g/mol. The first kappa shape index (κ1) is 18.1. The molecule has 0 unspecified atom stereocenters. The number of rotatable bonds is 6. The minimum absolute atomic E-state index is 0.0216. The van der Waals surface area contributed by atoms with Gasteiger partial charge in [-0.3, -0.25) is 9.69 Å². The Morgan fingerprint density at radius 3 is 2.71 bits per heavy atom. The van der Waals surface area contributed by atoms with Gasteiger partial charge in [0, 0.05) is 37.9 Å². The molecule has 24 heavy (non-hydrogen) atoms. The molecule has 0 saturated carbocycles. The van der Waals surface area contributed by atoms with Crippen LogP contribution in [0, 0.1) is 0 Å². The van der Waals surface area contributed by atoms with E-state index in [0.717, 1.165) is 31.7 Å². The lowest BCUT2D eigenvalue weighted by molar-refractivity contribution is -0.122. The van der Waals surface area contributed by atoms with Crippen LogP contribution in [0.15, 0.2) is 24.3 Å². The maximum absolute atomic E-state index is 12.1. The number of ether oxygens (including phenoxy) is 1. The Bertz CT molecular complexity index is 557. The third-order valence-corrected chi connectivity index (χ3v) is 3.97. The summed E-state index contributed by atoms with van der Waals surface area (Å²) in [6, 6.07) is 7.24. The molecule has 132 valence electrons. The van der Waals surface area contributed by atoms with E-state index in [9.17, 15) is 9.59 Å². The number of benzene rings is 1. The maximum Gasteiger partial charge on any atom is 0.319 e. The van der Waals surface area contributed by atoms with Crippen molar-refractivity contribution in [1.82, 2.24) is 15.5 Å². The highest BCUT2D eigenvalue weighted by Crippen LogP contribution is 2.17. The Labute approximate surface area is 142 Å². The first-order chi connectivity index (χ1) is 11.6. The molecule has 1 aromatic carbocycles. The number of nitrogens with zero attached hydrogens (tertiary/aromatic N) is 1. The molecule has 1 aliphatic heterocycles. The molecule has 0 aliphatic carbocycles. The Morgan fingerprint density at radius 2 is 2.04 bits per heavy atom. The number of amides is 3. The largest absolute Gasteiger partial charge is 0.494 e. The van der Waals surface area contributed by atoms with Crippen LogP contribution in [0.2, 0.25) is 0 Å². The first-order valence-electron chi connectivity index (χ1n) is 8.34. The molecule has 7 heteroatoms. The van der Waals surface area contributed by atoms with Crippen LogP contribution in [-0.4, -0.2) is 56.2 Å². The molecule has 0 bridgehead atoms. The summed E-state index contributed by atoms with van der Waals surface area (Å²) in [5, 5.41) is 8.45. The lowest BCUT2D eigenvalue weighted by Crippen LogP contribution is -2.48. The SMILES string of the molecule is CCOc1cccc(NC(=O)NC2CCN(CC(=O)NC)CC2)c1. The van der Waals surface area contributed by atoms with E-state index in [1.807, 2.05) is 25.1 Å². The van der Waals surface area contributed by atoms with Gasteiger partial charge in [-0.05, 0) is 31.9 Å². The number of hydrogen-bond donors (Lipinski definition) is 3. The lowest BCUT2D eigenvalue weighted by atomic mass is 10.1. The average Bonchev–Trinajstić information content (AvgIpc) is 2.57. The quantitative estimate of drug-likeness (QED) is 0.735. The number of hydrogen-bond acceptors (Lipinski definition) is 4. The summed E-state index contributed by atoms with van der Waals surface area (Å²) in [7, 11) is 1.64. The number of piperidine rings is 1. The normalized spacial score (nSPS) is 15.6. The second-order valence-electron chi connectivity index (χ2n) is 5.78. The van der Waals surface area contributed by atoms with E-state index in [2.05, 4.69) is 20.9 Å². The number of anilines is 1. The minimum atomic E-state index is -0.214. The molecule has 1 aliphatic rings. The van der Waals surface area contributed by atoms with E-state index >= 15 is 0 Å². The Balaban J connectivity index is 1.75. The molecule has 7 nitrogen and oxygen atoms in total. The smallest absolute Gasteiger partial charge is 0.319 e. The van der Waals surface area contributed by atoms with Crippen LogP contribution in [0.4, 0.5) is 10.5 Å². The summed E-state index contributed by atoms with van der Waals surface area (Å²) in [4.78, 5) is 25.6. The molecule has 1 saturated heterocycles. The van der Waals surface area contributed by atoms with E-state index in [1.165, 1.54) is 0 Å². The van der Waals surface area contributed by atoms with Gasteiger partial charge < -0.3 is 20.7 Å². The number of carbonyl (C=O) groups excluding carboxylic acids is 2. The number of urea groups is 1. The van der Waals surface area contributed by atoms with Gasteiger partial charge in [-0.2, -0.15) is 0 Å². The van der Waals surface area contributed by atoms with Crippen LogP contribution in [0.25, 0.3) is 0 Å². The van der Waals surface area contributed by atoms with Crippen LogP contribution in [0.5, 0.6) is 5.75 Å². The molecule has 1 aromatic rings. The zero-order valence-electron chi connectivity index (χ0n) is 14.3. The summed E-state index contributed by atoms with van der Waals surface area (Å²) in [6.45, 7) is 4.53. The molecular formula is C17H26N4O3. The van der Waals surface area contributed by atoms with Crippen LogP contribution in [0.3, 0.4) is 0 Å². The van der Waals surface area contributed by atoms with Crippen LogP contribution in [0.1, 0.15) is 19.8 Å². The molecule has 3 N–H and O–H groups in total. The third-order valence-electron chi connectivity index (χ3n) is 3.97. The van der Waals surface area contributed by atoms with E-state index in [4.69, 9.17) is 4.74 Å². The molecule has 0 spiro atoms. The maximum atomic E-state index is 12.1. The number of nitrogens with one attached hydrogen (secondary N) is 3. The Hall–Kier alpha value is -2.28. The molecular weight excluding hydrogens is 308 g/mol. The fourth-order valence-electron chi connectivity index (χ4n) is 2.70. The summed E-state index contributed by atoms with van der Waals surface area (Å²) >= 11 is 0. The molecule has 1 fully saturated rings. The number of likely N-dealkylation sites (N-methyl/N-ethyl adjacent to an activating group) is 1. The lowest BCUT2D eigenvalue weighted by Gasteiger charge is -2.31. The van der Waals surface area contributed by atoms with Crippen molar-refractivity contribution in [3.8, 4) is 5.75 Å². The van der Waals surface area contributed by atoms with Gasteiger partial charge in [-0.1, -0.05) is 6.07 Å². The topological polar surface area (TPSA) is 82.7 Å². The molecule has 0 radical (unpaired) electrons. The Kier molecular flexibility index (Phi) is 6.87. The van der Waals surface area contributed by atoms with Crippen LogP contribution >= 0.6 is 0 Å². The van der Waals surface area contributed by atoms with Crippen molar-refractivity contribution in [2.24, 2.45) is 0 Å². The van der Waals surface area contributed by atoms with Crippen molar-refractivity contribution < 1.29 is 14.3 Å². The summed E-state index contributed by atoms with van der Waals surface area (Å²) in [5.41, 5.74) is 0.704. The van der Waals surface area contributed by atoms with Gasteiger partial charge in [0.2, 0.25) is 5.91 Å². The summed E-state index contributed by atoms with van der Waals surface area (Å²) < 4.78 is 5.42. The van der Waals surface area contributed by atoms with Crippen molar-refractivity contribution in [3.05, 3.63) is 24.3 Å². The van der Waals surface area contributed by atoms with Gasteiger partial charge in [0.05, 0.1) is 13.2 Å². The highest BCUT2D eigenvalue weighted by atomic mass is 16.5. The predicted octanol–water partition coefficient (Wildman–Crippen LogP) is 1.42. The van der Waals surface area contributed by atoms with E-state index in [-0.39, 0.29) is 18.0 Å². The number of carbonyl (C=O) groups is 2. The fraction of sp³-hybridized carbons (Fsp3) is 0.529. The monoisotopic (exact) mass is 334 g/mol. The standard InChI is InChI=1S/C17H26N4O3/c1-3-24-15-6-4-5-14(11-15)20-17(23)19-13-7-9-21(10-8-13)12-16(22)18-2/h4-6,11,13H,3,7-10,12H2,1-2H3,(H,18,22)(H2,19,20,23). The highest BCUT2D eigenvalue weighted by Gasteiger charge is 2.21. The Morgan fingerprint density at radius 1 is 1.29 bits per heavy atom. The van der Waals surface area contributed by atoms with E-state index in [0.29, 0.717) is 18.8 Å². The summed E-state index contributed by atoms with van der Waals surface area (Å²) in [5.74, 6) is 0.756. The van der Waals surface area contributed by atoms with Crippen molar-refractivity contribution in [2.45, 2.75) is 25.8 Å². The summed E-state index contributed by atoms with van der Waals surface area (Å²) in [6.07, 6.45) is 1.67. The van der Waals surface area contributed by atoms with Crippen molar-refractivity contribution in [1.29, 1.82) is 0 Å². The zero-order chi connectivity index (χ0) is 17.4. The highest BCUT2D eigenvalue weighted by molar-refractivity contribution is 5.89. The van der Waals surface area contributed by atoms with Crippen LogP contribution < -0.4 is 20.7 Å². The van der Waals surface area contributed by atoms with Gasteiger partial charge in [0.25, 0.3) is 0 Å². The van der Waals surface area contributed by atoms with Gasteiger partial charge in [0.1, 0.15) is 5.75 Å². The molecule has 0 atom stereocenters. The zero-order valence-corrected chi connectivity index (χ0v) is 14.3. The predicted molar refractivity (Wildman–Crippen MR) is 93.3 cm³/mol. The van der Waals surface area contributed by atoms with Gasteiger partial charge in [-0.15, -0.1) is 0 Å². The first-order valence-corrected chi connectivity index (χ1v) is 8.34. The second kappa shape index (κ2) is 9.12. The van der Waals surface area contributed by atoms with Gasteiger partial charge in [-0.25, -0.2) is 4.79 Å². The molecule has 0 aromatic heterocycles. The minimum Gasteiger partial charge on any atom is -0.494 e. The molecule has 3 amide bonds. The van der Waals surface area contributed by atoms with Crippen LogP contribution in [-0.2, 0) is 4.79 Å². The van der Waals surface area contributed by atoms with Crippen molar-refractivity contribution in [3.63, 3.8) is 0 Å². The van der Waals surface area contributed by atoms with E-state index in [1.54, 1.807) is 13.1 Å². The third kappa shape index (κ3) is 5.73.